The number of fused-ring (bicyclic) bond motifs is 1. The van der Waals surface area contributed by atoms with Crippen molar-refractivity contribution in [2.45, 2.75) is 64.5 Å². The Morgan fingerprint density at radius 1 is 1.19 bits per heavy atom. The summed E-state index contributed by atoms with van der Waals surface area (Å²) in [6, 6.07) is 4.90. The molecular formula is C23H33N3O5. The van der Waals surface area contributed by atoms with Crippen molar-refractivity contribution in [3.8, 4) is 0 Å². The molecule has 170 valence electrons. The topological polar surface area (TPSA) is 99.2 Å². The van der Waals surface area contributed by atoms with Crippen LogP contribution in [0.15, 0.2) is 18.2 Å². The number of anilines is 2. The Kier molecular flexibility index (Phi) is 8.03. The number of benzene rings is 1. The number of hydrogen-bond acceptors (Lipinski definition) is 5. The van der Waals surface area contributed by atoms with E-state index in [1.165, 1.54) is 23.5 Å². The zero-order valence-electron chi connectivity index (χ0n) is 18.4. The van der Waals surface area contributed by atoms with Crippen molar-refractivity contribution in [3.05, 3.63) is 23.8 Å². The molecule has 1 saturated carbocycles. The minimum atomic E-state index is -1.07. The number of rotatable bonds is 9. The molecule has 1 aliphatic heterocycles. The molecule has 1 aliphatic carbocycles. The number of nitrogens with one attached hydrogen (secondary N) is 1. The zero-order valence-corrected chi connectivity index (χ0v) is 18.4. The molecule has 2 aliphatic rings. The standard InChI is InChI=1S/C23H33N3O5/c1-16(2)31-12-6-11-25-19-10-9-17(23(29)30)13-20(19)26(15-22(25)28)21(27)14-24-18-7-4-3-5-8-18/h9-10,13,16,18,24H,3-8,11-12,14-15H2,1-2H3,(H,29,30). The molecule has 2 N–H and O–H groups in total. The van der Waals surface area contributed by atoms with E-state index in [2.05, 4.69) is 5.32 Å². The first-order valence-electron chi connectivity index (χ1n) is 11.2. The number of amides is 2. The highest BCUT2D eigenvalue weighted by Gasteiger charge is 2.33. The second-order valence-electron chi connectivity index (χ2n) is 8.52. The molecule has 0 aromatic heterocycles. The van der Waals surface area contributed by atoms with E-state index >= 15 is 0 Å². The summed E-state index contributed by atoms with van der Waals surface area (Å²) in [6.07, 6.45) is 6.43. The summed E-state index contributed by atoms with van der Waals surface area (Å²) < 4.78 is 5.57. The number of hydrogen-bond donors (Lipinski definition) is 2. The molecule has 0 atom stereocenters. The van der Waals surface area contributed by atoms with Crippen molar-refractivity contribution in [1.82, 2.24) is 5.32 Å². The highest BCUT2D eigenvalue weighted by molar-refractivity contribution is 6.12. The van der Waals surface area contributed by atoms with Gasteiger partial charge < -0.3 is 20.1 Å². The van der Waals surface area contributed by atoms with Gasteiger partial charge in [-0.05, 0) is 51.3 Å². The van der Waals surface area contributed by atoms with Crippen LogP contribution in [-0.2, 0) is 14.3 Å². The molecular weight excluding hydrogens is 398 g/mol. The Morgan fingerprint density at radius 3 is 2.61 bits per heavy atom. The molecule has 2 amide bonds. The van der Waals surface area contributed by atoms with Crippen LogP contribution in [0, 0.1) is 0 Å². The van der Waals surface area contributed by atoms with Gasteiger partial charge in [0.15, 0.2) is 0 Å². The van der Waals surface area contributed by atoms with Gasteiger partial charge in [-0.2, -0.15) is 0 Å². The lowest BCUT2D eigenvalue weighted by atomic mass is 9.95. The van der Waals surface area contributed by atoms with E-state index in [0.29, 0.717) is 37.0 Å². The summed E-state index contributed by atoms with van der Waals surface area (Å²) in [5.41, 5.74) is 1.13. The Bertz CT molecular complexity index is 804. The first kappa shape index (κ1) is 23.2. The van der Waals surface area contributed by atoms with Crippen molar-refractivity contribution >= 4 is 29.2 Å². The third-order valence-electron chi connectivity index (χ3n) is 5.82. The van der Waals surface area contributed by atoms with Crippen molar-refractivity contribution < 1.29 is 24.2 Å². The fraction of sp³-hybridized carbons (Fsp3) is 0.609. The Balaban J connectivity index is 1.76. The fourth-order valence-corrected chi connectivity index (χ4v) is 4.18. The van der Waals surface area contributed by atoms with E-state index in [1.54, 1.807) is 11.0 Å². The second-order valence-corrected chi connectivity index (χ2v) is 8.52. The molecule has 31 heavy (non-hydrogen) atoms. The van der Waals surface area contributed by atoms with Crippen LogP contribution in [0.1, 0.15) is 62.7 Å². The van der Waals surface area contributed by atoms with Gasteiger partial charge in [0.2, 0.25) is 11.8 Å². The molecule has 0 bridgehead atoms. The molecule has 3 rings (SSSR count). The van der Waals surface area contributed by atoms with Gasteiger partial charge in [-0.3, -0.25) is 14.5 Å². The summed E-state index contributed by atoms with van der Waals surface area (Å²) >= 11 is 0. The summed E-state index contributed by atoms with van der Waals surface area (Å²) in [4.78, 5) is 40.4. The quantitative estimate of drug-likeness (QED) is 0.584. The van der Waals surface area contributed by atoms with Gasteiger partial charge in [0.1, 0.15) is 6.54 Å². The maximum atomic E-state index is 13.0. The molecule has 1 aromatic rings. The van der Waals surface area contributed by atoms with Crippen molar-refractivity contribution in [2.75, 3.05) is 36.0 Å². The summed E-state index contributed by atoms with van der Waals surface area (Å²) in [5.74, 6) is -1.46. The summed E-state index contributed by atoms with van der Waals surface area (Å²) in [5, 5.41) is 12.7. The second kappa shape index (κ2) is 10.7. The fourth-order valence-electron chi connectivity index (χ4n) is 4.18. The van der Waals surface area contributed by atoms with Gasteiger partial charge in [0.05, 0.1) is 29.6 Å². The van der Waals surface area contributed by atoms with Gasteiger partial charge in [-0.1, -0.05) is 19.3 Å². The monoisotopic (exact) mass is 431 g/mol. The number of carboxylic acid groups (broad SMARTS) is 1. The number of carboxylic acids is 1. The molecule has 0 spiro atoms. The number of carbonyl (C=O) groups excluding carboxylic acids is 2. The van der Waals surface area contributed by atoms with E-state index in [-0.39, 0.29) is 36.6 Å². The molecule has 0 unspecified atom stereocenters. The largest absolute Gasteiger partial charge is 0.478 e. The van der Waals surface area contributed by atoms with Crippen molar-refractivity contribution in [2.24, 2.45) is 0 Å². The highest BCUT2D eigenvalue weighted by atomic mass is 16.5. The SMILES string of the molecule is CC(C)OCCCN1C(=O)CN(C(=O)CNC2CCCCC2)c2cc(C(=O)O)ccc21. The van der Waals surface area contributed by atoms with Crippen LogP contribution in [0.3, 0.4) is 0 Å². The maximum absolute atomic E-state index is 13.0. The van der Waals surface area contributed by atoms with Crippen LogP contribution in [0.2, 0.25) is 0 Å². The molecule has 1 fully saturated rings. The van der Waals surface area contributed by atoms with Gasteiger partial charge in [-0.15, -0.1) is 0 Å². The number of carbonyl (C=O) groups is 3. The summed E-state index contributed by atoms with van der Waals surface area (Å²) in [7, 11) is 0. The van der Waals surface area contributed by atoms with E-state index in [1.807, 2.05) is 13.8 Å². The average molecular weight is 432 g/mol. The van der Waals surface area contributed by atoms with Crippen LogP contribution >= 0.6 is 0 Å². The van der Waals surface area contributed by atoms with Crippen LogP contribution in [0.25, 0.3) is 0 Å². The van der Waals surface area contributed by atoms with E-state index in [9.17, 15) is 19.5 Å². The molecule has 1 aromatic carbocycles. The Morgan fingerprint density at radius 2 is 1.94 bits per heavy atom. The lowest BCUT2D eigenvalue weighted by molar-refractivity contribution is -0.122. The predicted octanol–water partition coefficient (Wildman–Crippen LogP) is 2.80. The minimum Gasteiger partial charge on any atom is -0.478 e. The van der Waals surface area contributed by atoms with Crippen LogP contribution in [0.4, 0.5) is 11.4 Å². The van der Waals surface area contributed by atoms with Crippen LogP contribution in [0.5, 0.6) is 0 Å². The number of ether oxygens (including phenoxy) is 1. The van der Waals surface area contributed by atoms with Crippen LogP contribution < -0.4 is 15.1 Å². The van der Waals surface area contributed by atoms with Crippen molar-refractivity contribution in [3.63, 3.8) is 0 Å². The number of aromatic carboxylic acids is 1. The van der Waals surface area contributed by atoms with Crippen LogP contribution in [-0.4, -0.2) is 61.3 Å². The van der Waals surface area contributed by atoms with E-state index in [0.717, 1.165) is 25.7 Å². The molecule has 0 radical (unpaired) electrons. The third kappa shape index (κ3) is 6.04. The maximum Gasteiger partial charge on any atom is 0.335 e. The van der Waals surface area contributed by atoms with Crippen molar-refractivity contribution in [1.29, 1.82) is 0 Å². The van der Waals surface area contributed by atoms with Gasteiger partial charge in [-0.25, -0.2) is 4.79 Å². The molecule has 8 nitrogen and oxygen atoms in total. The van der Waals surface area contributed by atoms with Gasteiger partial charge >= 0.3 is 5.97 Å². The lowest BCUT2D eigenvalue weighted by Gasteiger charge is -2.37. The first-order chi connectivity index (χ1) is 14.9. The normalized spacial score (nSPS) is 17.2. The lowest BCUT2D eigenvalue weighted by Crippen LogP contribution is -2.51. The Labute approximate surface area is 183 Å². The number of nitrogens with zero attached hydrogens (tertiary/aromatic N) is 2. The molecule has 8 heteroatoms. The third-order valence-corrected chi connectivity index (χ3v) is 5.82. The molecule has 0 saturated heterocycles. The van der Waals surface area contributed by atoms with Gasteiger partial charge in [0.25, 0.3) is 0 Å². The van der Waals surface area contributed by atoms with E-state index in [4.69, 9.17) is 4.74 Å². The minimum absolute atomic E-state index is 0.0910. The highest BCUT2D eigenvalue weighted by Crippen LogP contribution is 2.35. The average Bonchev–Trinajstić information content (AvgIpc) is 2.76. The van der Waals surface area contributed by atoms with Gasteiger partial charge in [0, 0.05) is 19.2 Å². The Hall–Kier alpha value is -2.45. The smallest absolute Gasteiger partial charge is 0.335 e. The first-order valence-corrected chi connectivity index (χ1v) is 11.2. The summed E-state index contributed by atoms with van der Waals surface area (Å²) in [6.45, 7) is 4.94. The molecule has 1 heterocycles. The van der Waals surface area contributed by atoms with E-state index < -0.39 is 5.97 Å². The predicted molar refractivity (Wildman–Crippen MR) is 119 cm³/mol. The zero-order chi connectivity index (χ0) is 22.4.